The minimum atomic E-state index is -0.411. The molecule has 0 saturated carbocycles. The van der Waals surface area contributed by atoms with Gasteiger partial charge in [-0.3, -0.25) is 9.59 Å². The lowest BCUT2D eigenvalue weighted by Crippen LogP contribution is -2.38. The predicted molar refractivity (Wildman–Crippen MR) is 163 cm³/mol. The summed E-state index contributed by atoms with van der Waals surface area (Å²) in [5.41, 5.74) is 6.80. The molecule has 3 aromatic carbocycles. The van der Waals surface area contributed by atoms with Crippen LogP contribution in [0.2, 0.25) is 0 Å². The van der Waals surface area contributed by atoms with Crippen LogP contribution in [0.3, 0.4) is 0 Å². The maximum atomic E-state index is 13.7. The van der Waals surface area contributed by atoms with Crippen molar-refractivity contribution in [2.75, 3.05) is 6.61 Å². The molecule has 41 heavy (non-hydrogen) atoms. The molecule has 0 fully saturated rings. The van der Waals surface area contributed by atoms with Gasteiger partial charge in [0.25, 0.3) is 0 Å². The summed E-state index contributed by atoms with van der Waals surface area (Å²) in [6, 6.07) is 24.3. The Morgan fingerprint density at radius 3 is 1.95 bits per heavy atom. The topological polar surface area (TPSA) is 55.8 Å². The normalized spacial score (nSPS) is 17.5. The number of hydrogen-bond acceptors (Lipinski definition) is 5. The number of carbonyl (C=O) groups is 2. The van der Waals surface area contributed by atoms with Gasteiger partial charge in [0.2, 0.25) is 0 Å². The summed E-state index contributed by atoms with van der Waals surface area (Å²) in [4.78, 5) is 29.7. The van der Waals surface area contributed by atoms with E-state index in [-0.39, 0.29) is 11.6 Å². The van der Waals surface area contributed by atoms with Crippen LogP contribution in [-0.4, -0.2) is 23.1 Å². The largest absolute Gasteiger partial charge is 0.490 e. The van der Waals surface area contributed by atoms with E-state index in [4.69, 9.17) is 9.47 Å². The summed E-state index contributed by atoms with van der Waals surface area (Å²) in [6.07, 6.45) is 4.31. The van der Waals surface area contributed by atoms with Crippen molar-refractivity contribution in [3.63, 3.8) is 0 Å². The number of carbonyl (C=O) groups excluding carboxylic acids is 2. The van der Waals surface area contributed by atoms with Crippen LogP contribution in [0.15, 0.2) is 99.8 Å². The molecule has 0 atom stereocenters. The summed E-state index contributed by atoms with van der Waals surface area (Å²) in [7, 11) is 0. The Bertz CT molecular complexity index is 1480. The van der Waals surface area contributed by atoms with Crippen molar-refractivity contribution < 1.29 is 19.1 Å². The Hall–Kier alpha value is -3.64. The van der Waals surface area contributed by atoms with Gasteiger partial charge in [0.15, 0.2) is 23.1 Å². The van der Waals surface area contributed by atoms with Crippen LogP contribution in [0.1, 0.15) is 68.1 Å². The maximum absolute atomic E-state index is 13.7. The quantitative estimate of drug-likeness (QED) is 0.258. The van der Waals surface area contributed by atoms with Crippen LogP contribution >= 0.6 is 15.9 Å². The second-order valence-corrected chi connectivity index (χ2v) is 11.7. The molecular weight excluding hydrogens is 578 g/mol. The first-order chi connectivity index (χ1) is 20.0. The van der Waals surface area contributed by atoms with Crippen molar-refractivity contribution in [3.05, 3.63) is 116 Å². The summed E-state index contributed by atoms with van der Waals surface area (Å²) in [6.45, 7) is 3.47. The number of Topliss-reactive ketones (excluding diaryl/α,β-unsaturated/α-hetero) is 2. The van der Waals surface area contributed by atoms with Crippen molar-refractivity contribution in [1.29, 1.82) is 0 Å². The van der Waals surface area contributed by atoms with Crippen LogP contribution in [0.25, 0.3) is 0 Å². The molecule has 6 heteroatoms. The van der Waals surface area contributed by atoms with E-state index in [1.165, 1.54) is 5.56 Å². The third-order valence-electron chi connectivity index (χ3n) is 8.16. The van der Waals surface area contributed by atoms with Crippen LogP contribution < -0.4 is 9.47 Å². The third kappa shape index (κ3) is 5.50. The van der Waals surface area contributed by atoms with Crippen molar-refractivity contribution in [2.45, 2.75) is 64.5 Å². The lowest BCUT2D eigenvalue weighted by Gasteiger charge is -2.44. The first kappa shape index (κ1) is 27.5. The standard InChI is InChI=1S/C35H34BrNO4/c1-2-40-31-20-25(19-26(36)35(31)41-22-24-13-7-4-8-14-24)32-33-27(15-9-17-29(33)38)37(21-23-11-5-3-6-12-23)28-16-10-18-30(39)34(28)32/h3-8,11-14,19-20,32H,2,9-10,15-18,21-22H2,1H3. The molecule has 6 rings (SSSR count). The zero-order chi connectivity index (χ0) is 28.3. The van der Waals surface area contributed by atoms with Gasteiger partial charge < -0.3 is 14.4 Å². The third-order valence-corrected chi connectivity index (χ3v) is 8.75. The minimum absolute atomic E-state index is 0.137. The smallest absolute Gasteiger partial charge is 0.175 e. The molecule has 0 saturated heterocycles. The minimum Gasteiger partial charge on any atom is -0.490 e. The van der Waals surface area contributed by atoms with E-state index in [2.05, 4.69) is 33.0 Å². The van der Waals surface area contributed by atoms with E-state index < -0.39 is 5.92 Å². The summed E-state index contributed by atoms with van der Waals surface area (Å²) in [5, 5.41) is 0. The van der Waals surface area contributed by atoms with Gasteiger partial charge in [-0.1, -0.05) is 60.7 Å². The van der Waals surface area contributed by atoms with Crippen molar-refractivity contribution >= 4 is 27.5 Å². The lowest BCUT2D eigenvalue weighted by molar-refractivity contribution is -0.117. The molecule has 5 nitrogen and oxygen atoms in total. The highest BCUT2D eigenvalue weighted by molar-refractivity contribution is 9.10. The van der Waals surface area contributed by atoms with Crippen LogP contribution in [0.5, 0.6) is 11.5 Å². The maximum Gasteiger partial charge on any atom is 0.175 e. The number of hydrogen-bond donors (Lipinski definition) is 0. The molecule has 3 aliphatic rings. The number of nitrogens with zero attached hydrogens (tertiary/aromatic N) is 1. The van der Waals surface area contributed by atoms with Gasteiger partial charge in [-0.2, -0.15) is 0 Å². The van der Waals surface area contributed by atoms with Gasteiger partial charge in [-0.05, 0) is 77.4 Å². The molecule has 0 bridgehead atoms. The van der Waals surface area contributed by atoms with Gasteiger partial charge in [-0.25, -0.2) is 0 Å². The molecule has 0 amide bonds. The van der Waals surface area contributed by atoms with Gasteiger partial charge in [0, 0.05) is 47.8 Å². The fraction of sp³-hybridized carbons (Fsp3) is 0.314. The average molecular weight is 613 g/mol. The summed E-state index contributed by atoms with van der Waals surface area (Å²) in [5.74, 6) is 1.09. The zero-order valence-corrected chi connectivity index (χ0v) is 24.9. The van der Waals surface area contributed by atoms with Crippen LogP contribution in [0, 0.1) is 0 Å². The average Bonchev–Trinajstić information content (AvgIpc) is 2.98. The fourth-order valence-electron chi connectivity index (χ4n) is 6.39. The number of benzene rings is 3. The molecule has 1 aliphatic heterocycles. The Labute approximate surface area is 250 Å². The number of ether oxygens (including phenoxy) is 2. The Morgan fingerprint density at radius 2 is 1.37 bits per heavy atom. The van der Waals surface area contributed by atoms with Crippen molar-refractivity contribution in [2.24, 2.45) is 0 Å². The molecule has 1 heterocycles. The van der Waals surface area contributed by atoms with Crippen molar-refractivity contribution in [1.82, 2.24) is 4.90 Å². The zero-order valence-electron chi connectivity index (χ0n) is 23.3. The summed E-state index contributed by atoms with van der Waals surface area (Å²) >= 11 is 3.75. The van der Waals surface area contributed by atoms with E-state index in [1.807, 2.05) is 67.6 Å². The molecule has 0 N–H and O–H groups in total. The highest BCUT2D eigenvalue weighted by atomic mass is 79.9. The number of ketones is 2. The van der Waals surface area contributed by atoms with E-state index in [0.717, 1.165) is 63.8 Å². The van der Waals surface area contributed by atoms with Crippen molar-refractivity contribution in [3.8, 4) is 11.5 Å². The molecule has 3 aromatic rings. The second-order valence-electron chi connectivity index (χ2n) is 10.8. The molecule has 210 valence electrons. The second kappa shape index (κ2) is 12.1. The monoisotopic (exact) mass is 611 g/mol. The van der Waals surface area contributed by atoms with Gasteiger partial charge >= 0.3 is 0 Å². The number of halogens is 1. The first-order valence-electron chi connectivity index (χ1n) is 14.5. The Morgan fingerprint density at radius 1 is 0.780 bits per heavy atom. The van der Waals surface area contributed by atoms with Crippen LogP contribution in [-0.2, 0) is 22.7 Å². The number of rotatable bonds is 8. The SMILES string of the molecule is CCOc1cc(C2C3=C(CCCC3=O)N(Cc3ccccc3)C3=C2C(=O)CCC3)cc(Br)c1OCc1ccccc1. The van der Waals surface area contributed by atoms with Gasteiger partial charge in [-0.15, -0.1) is 0 Å². The Kier molecular flexibility index (Phi) is 8.11. The van der Waals surface area contributed by atoms with Crippen LogP contribution in [0.4, 0.5) is 0 Å². The first-order valence-corrected chi connectivity index (χ1v) is 15.3. The lowest BCUT2D eigenvalue weighted by atomic mass is 9.71. The van der Waals surface area contributed by atoms with E-state index >= 15 is 0 Å². The molecule has 0 unspecified atom stereocenters. The fourth-order valence-corrected chi connectivity index (χ4v) is 6.97. The van der Waals surface area contributed by atoms with E-state index in [1.54, 1.807) is 0 Å². The number of allylic oxidation sites excluding steroid dienone is 4. The highest BCUT2D eigenvalue weighted by Gasteiger charge is 2.43. The molecule has 0 aromatic heterocycles. The van der Waals surface area contributed by atoms with Gasteiger partial charge in [0.1, 0.15) is 6.61 Å². The summed E-state index contributed by atoms with van der Waals surface area (Å²) < 4.78 is 13.1. The molecule has 2 aliphatic carbocycles. The van der Waals surface area contributed by atoms with Gasteiger partial charge in [0.05, 0.1) is 11.1 Å². The van der Waals surface area contributed by atoms with E-state index in [0.29, 0.717) is 44.1 Å². The molecular formula is C35H34BrNO4. The molecule has 0 spiro atoms. The van der Waals surface area contributed by atoms with E-state index in [9.17, 15) is 9.59 Å². The molecule has 0 radical (unpaired) electrons. The predicted octanol–water partition coefficient (Wildman–Crippen LogP) is 8.04. The highest BCUT2D eigenvalue weighted by Crippen LogP contribution is 2.51. The Balaban J connectivity index is 1.46.